The minimum atomic E-state index is 0. The average Bonchev–Trinajstić information content (AvgIpc) is 3.48. The third kappa shape index (κ3) is 5.54. The van der Waals surface area contributed by atoms with Gasteiger partial charge in [0, 0.05) is 63.7 Å². The first-order valence-electron chi connectivity index (χ1n) is 11.1. The number of nitrogens with one attached hydrogen (secondary N) is 1. The van der Waals surface area contributed by atoms with Gasteiger partial charge in [0.05, 0.1) is 12.2 Å². The second-order valence-corrected chi connectivity index (χ2v) is 9.16. The molecule has 1 aromatic carbocycles. The summed E-state index contributed by atoms with van der Waals surface area (Å²) in [6.45, 7) is 6.09. The van der Waals surface area contributed by atoms with Crippen molar-refractivity contribution in [1.29, 1.82) is 0 Å². The molecule has 1 N–H and O–H groups in total. The summed E-state index contributed by atoms with van der Waals surface area (Å²) in [4.78, 5) is 27.9. The van der Waals surface area contributed by atoms with Crippen LogP contribution in [0.1, 0.15) is 43.4 Å². The molecule has 2 aliphatic heterocycles. The van der Waals surface area contributed by atoms with Crippen LogP contribution in [-0.4, -0.2) is 62.0 Å². The number of carbonyl (C=O) groups is 1. The van der Waals surface area contributed by atoms with Gasteiger partial charge in [-0.25, -0.2) is 9.98 Å². The Hall–Kier alpha value is -1.88. The Kier molecular flexibility index (Phi) is 8.75. The number of aromatic nitrogens is 1. The first-order chi connectivity index (χ1) is 15.1. The molecule has 174 valence electrons. The quantitative estimate of drug-likeness (QED) is 0.312. The number of hydrogen-bond acceptors (Lipinski definition) is 5. The molecule has 0 bridgehead atoms. The van der Waals surface area contributed by atoms with Gasteiger partial charge >= 0.3 is 0 Å². The van der Waals surface area contributed by atoms with Crippen LogP contribution in [0, 0.1) is 0 Å². The van der Waals surface area contributed by atoms with Gasteiger partial charge in [-0.15, -0.1) is 35.3 Å². The number of benzene rings is 1. The Balaban J connectivity index is 0.00000289. The SMILES string of the molecule is CCNC(=NCc1csc(N(C)C)n1)N1CC(CCN2CCCC2=O)c2ccccc21.I. The van der Waals surface area contributed by atoms with Crippen molar-refractivity contribution in [1.82, 2.24) is 15.2 Å². The van der Waals surface area contributed by atoms with Gasteiger partial charge in [0.1, 0.15) is 0 Å². The summed E-state index contributed by atoms with van der Waals surface area (Å²) in [5, 5.41) is 6.54. The normalized spacial score (nSPS) is 18.0. The number of nitrogens with zero attached hydrogens (tertiary/aromatic N) is 5. The molecule has 1 aromatic heterocycles. The van der Waals surface area contributed by atoms with Crippen molar-refractivity contribution in [3.8, 4) is 0 Å². The fraction of sp³-hybridized carbons (Fsp3) is 0.522. The predicted molar refractivity (Wildman–Crippen MR) is 144 cm³/mol. The molecule has 0 aliphatic carbocycles. The van der Waals surface area contributed by atoms with Crippen molar-refractivity contribution >= 4 is 58.0 Å². The summed E-state index contributed by atoms with van der Waals surface area (Å²) in [5.74, 6) is 1.60. The molecule has 7 nitrogen and oxygen atoms in total. The number of carbonyl (C=O) groups excluding carboxylic acids is 1. The summed E-state index contributed by atoms with van der Waals surface area (Å²) in [5.41, 5.74) is 3.55. The molecule has 1 saturated heterocycles. The summed E-state index contributed by atoms with van der Waals surface area (Å²) >= 11 is 1.64. The molecule has 1 amide bonds. The van der Waals surface area contributed by atoms with Crippen LogP contribution in [0.3, 0.4) is 0 Å². The van der Waals surface area contributed by atoms with E-state index in [4.69, 9.17) is 4.99 Å². The minimum absolute atomic E-state index is 0. The van der Waals surface area contributed by atoms with E-state index in [9.17, 15) is 4.79 Å². The first-order valence-corrected chi connectivity index (χ1v) is 12.0. The molecule has 2 aromatic rings. The third-order valence-corrected chi connectivity index (χ3v) is 6.95. The molecular formula is C23H33IN6OS. The van der Waals surface area contributed by atoms with E-state index >= 15 is 0 Å². The van der Waals surface area contributed by atoms with E-state index in [1.165, 1.54) is 11.3 Å². The smallest absolute Gasteiger partial charge is 0.222 e. The number of amides is 1. The Morgan fingerprint density at radius 3 is 2.84 bits per heavy atom. The van der Waals surface area contributed by atoms with Crippen molar-refractivity contribution < 1.29 is 4.79 Å². The van der Waals surface area contributed by atoms with Crippen LogP contribution in [0.2, 0.25) is 0 Å². The van der Waals surface area contributed by atoms with Crippen LogP contribution < -0.4 is 15.1 Å². The van der Waals surface area contributed by atoms with E-state index in [0.29, 0.717) is 24.8 Å². The maximum Gasteiger partial charge on any atom is 0.222 e. The lowest BCUT2D eigenvalue weighted by Crippen LogP contribution is -2.41. The standard InChI is InChI=1S/C23H32N6OS.HI/c1-4-24-22(25-14-18-16-31-23(26-18)27(2)3)29-15-17(19-8-5-6-9-20(19)29)11-13-28-12-7-10-21(28)30;/h5-6,8-9,16-17H,4,7,10-15H2,1-3H3,(H,24,25);1H. The molecule has 0 radical (unpaired) electrons. The lowest BCUT2D eigenvalue weighted by molar-refractivity contribution is -0.127. The molecular weight excluding hydrogens is 535 g/mol. The molecule has 1 atom stereocenters. The summed E-state index contributed by atoms with van der Waals surface area (Å²) in [6.07, 6.45) is 2.68. The minimum Gasteiger partial charge on any atom is -0.356 e. The Morgan fingerprint density at radius 1 is 1.34 bits per heavy atom. The Bertz CT molecular complexity index is 946. The Morgan fingerprint density at radius 2 is 2.16 bits per heavy atom. The van der Waals surface area contributed by atoms with Gasteiger partial charge in [0.2, 0.25) is 5.91 Å². The van der Waals surface area contributed by atoms with Crippen LogP contribution in [0.25, 0.3) is 0 Å². The van der Waals surface area contributed by atoms with Gasteiger partial charge in [0.15, 0.2) is 11.1 Å². The van der Waals surface area contributed by atoms with E-state index in [1.54, 1.807) is 11.3 Å². The fourth-order valence-corrected chi connectivity index (χ4v) is 5.07. The van der Waals surface area contributed by atoms with Gasteiger partial charge in [-0.05, 0) is 31.4 Å². The lowest BCUT2D eigenvalue weighted by Gasteiger charge is -2.23. The van der Waals surface area contributed by atoms with E-state index in [-0.39, 0.29) is 24.0 Å². The van der Waals surface area contributed by atoms with Gasteiger partial charge in [0.25, 0.3) is 0 Å². The van der Waals surface area contributed by atoms with Crippen LogP contribution >= 0.6 is 35.3 Å². The van der Waals surface area contributed by atoms with E-state index < -0.39 is 0 Å². The van der Waals surface area contributed by atoms with E-state index in [0.717, 1.165) is 55.8 Å². The molecule has 32 heavy (non-hydrogen) atoms. The highest BCUT2D eigenvalue weighted by molar-refractivity contribution is 14.0. The second kappa shape index (κ2) is 11.3. The van der Waals surface area contributed by atoms with Crippen LogP contribution in [-0.2, 0) is 11.3 Å². The van der Waals surface area contributed by atoms with E-state index in [2.05, 4.69) is 51.8 Å². The maximum absolute atomic E-state index is 12.0. The Labute approximate surface area is 211 Å². The van der Waals surface area contributed by atoms with Crippen molar-refractivity contribution in [2.75, 3.05) is 50.1 Å². The zero-order valence-electron chi connectivity index (χ0n) is 19.1. The number of thiazole rings is 1. The molecule has 9 heteroatoms. The number of fused-ring (bicyclic) bond motifs is 1. The topological polar surface area (TPSA) is 64.1 Å². The van der Waals surface area contributed by atoms with Gasteiger partial charge in [-0.3, -0.25) is 4.79 Å². The molecule has 1 fully saturated rings. The number of likely N-dealkylation sites (tertiary alicyclic amines) is 1. The summed E-state index contributed by atoms with van der Waals surface area (Å²) in [7, 11) is 4.01. The molecule has 0 saturated carbocycles. The highest BCUT2D eigenvalue weighted by Gasteiger charge is 2.32. The number of halogens is 1. The molecule has 4 rings (SSSR count). The number of aliphatic imine (C=N–C) groups is 1. The van der Waals surface area contributed by atoms with Crippen LogP contribution in [0.5, 0.6) is 0 Å². The number of guanidine groups is 1. The van der Waals surface area contributed by atoms with Gasteiger partial charge < -0.3 is 20.0 Å². The first kappa shape index (κ1) is 24.8. The summed E-state index contributed by atoms with van der Waals surface area (Å²) in [6, 6.07) is 8.60. The summed E-state index contributed by atoms with van der Waals surface area (Å²) < 4.78 is 0. The predicted octanol–water partition coefficient (Wildman–Crippen LogP) is 3.91. The monoisotopic (exact) mass is 568 g/mol. The van der Waals surface area contributed by atoms with Crippen molar-refractivity contribution in [2.45, 2.75) is 38.6 Å². The van der Waals surface area contributed by atoms with Crippen LogP contribution in [0.4, 0.5) is 10.8 Å². The number of rotatable bonds is 7. The number of para-hydroxylation sites is 1. The third-order valence-electron chi connectivity index (χ3n) is 5.89. The van der Waals surface area contributed by atoms with Crippen molar-refractivity contribution in [3.05, 3.63) is 40.9 Å². The van der Waals surface area contributed by atoms with Crippen molar-refractivity contribution in [2.24, 2.45) is 4.99 Å². The molecule has 3 heterocycles. The second-order valence-electron chi connectivity index (χ2n) is 8.33. The highest BCUT2D eigenvalue weighted by atomic mass is 127. The molecule has 1 unspecified atom stereocenters. The van der Waals surface area contributed by atoms with Gasteiger partial charge in [-0.2, -0.15) is 0 Å². The zero-order valence-corrected chi connectivity index (χ0v) is 22.2. The average molecular weight is 569 g/mol. The molecule has 2 aliphatic rings. The number of anilines is 2. The van der Waals surface area contributed by atoms with Crippen molar-refractivity contribution in [3.63, 3.8) is 0 Å². The van der Waals surface area contributed by atoms with E-state index in [1.807, 2.05) is 23.9 Å². The number of hydrogen-bond donors (Lipinski definition) is 1. The lowest BCUT2D eigenvalue weighted by atomic mass is 9.98. The highest BCUT2D eigenvalue weighted by Crippen LogP contribution is 2.38. The fourth-order valence-electron chi connectivity index (χ4n) is 4.32. The largest absolute Gasteiger partial charge is 0.356 e. The molecule has 0 spiro atoms. The van der Waals surface area contributed by atoms with Gasteiger partial charge in [-0.1, -0.05) is 18.2 Å². The zero-order chi connectivity index (χ0) is 21.8. The maximum atomic E-state index is 12.0. The van der Waals surface area contributed by atoms with Crippen LogP contribution in [0.15, 0.2) is 34.6 Å².